The summed E-state index contributed by atoms with van der Waals surface area (Å²) < 4.78 is 0. The highest BCUT2D eigenvalue weighted by atomic mass is 16.2. The Kier molecular flexibility index (Phi) is 6.14. The lowest BCUT2D eigenvalue weighted by Gasteiger charge is -2.21. The number of aromatic nitrogens is 3. The van der Waals surface area contributed by atoms with Gasteiger partial charge in [-0.2, -0.15) is 0 Å². The van der Waals surface area contributed by atoms with Crippen molar-refractivity contribution in [2.75, 3.05) is 30.3 Å². The molecule has 0 spiro atoms. The van der Waals surface area contributed by atoms with E-state index in [1.165, 1.54) is 0 Å². The third-order valence-corrected chi connectivity index (χ3v) is 4.13. The fraction of sp³-hybridized carbons (Fsp3) is 0.389. The van der Waals surface area contributed by atoms with Crippen LogP contribution in [0.5, 0.6) is 0 Å². The summed E-state index contributed by atoms with van der Waals surface area (Å²) in [6.07, 6.45) is 2.71. The smallest absolute Gasteiger partial charge is 0.224 e. The Balaban J connectivity index is 1.46. The molecule has 2 aromatic rings. The van der Waals surface area contributed by atoms with Gasteiger partial charge in [0.1, 0.15) is 23.3 Å². The van der Waals surface area contributed by atoms with Crippen LogP contribution in [0.3, 0.4) is 0 Å². The molecule has 142 valence electrons. The monoisotopic (exact) mass is 369 g/mol. The number of nitrogens with one attached hydrogen (secondary N) is 4. The van der Waals surface area contributed by atoms with Crippen molar-refractivity contribution in [3.05, 3.63) is 36.3 Å². The Labute approximate surface area is 157 Å². The molecule has 27 heavy (non-hydrogen) atoms. The summed E-state index contributed by atoms with van der Waals surface area (Å²) in [6.45, 7) is 3.22. The quantitative estimate of drug-likeness (QED) is 0.537. The van der Waals surface area contributed by atoms with Crippen LogP contribution in [0, 0.1) is 12.8 Å². The van der Waals surface area contributed by atoms with Crippen LogP contribution in [0.4, 0.5) is 17.5 Å². The number of anilines is 3. The van der Waals surface area contributed by atoms with Crippen LogP contribution in [-0.2, 0) is 9.59 Å². The third kappa shape index (κ3) is 5.63. The van der Waals surface area contributed by atoms with Crippen LogP contribution in [0.2, 0.25) is 0 Å². The molecule has 1 aliphatic rings. The molecule has 0 bridgehead atoms. The number of amides is 2. The molecule has 1 aliphatic heterocycles. The highest BCUT2D eigenvalue weighted by molar-refractivity contribution is 5.83. The van der Waals surface area contributed by atoms with E-state index in [1.807, 2.05) is 25.1 Å². The van der Waals surface area contributed by atoms with Gasteiger partial charge in [0.2, 0.25) is 11.8 Å². The van der Waals surface area contributed by atoms with Crippen LogP contribution < -0.4 is 21.3 Å². The van der Waals surface area contributed by atoms with Crippen LogP contribution in [0.25, 0.3) is 0 Å². The molecule has 2 amide bonds. The molecule has 1 unspecified atom stereocenters. The topological polar surface area (TPSA) is 121 Å². The van der Waals surface area contributed by atoms with E-state index in [9.17, 15) is 9.59 Å². The second-order valence-corrected chi connectivity index (χ2v) is 6.28. The normalized spacial score (nSPS) is 16.3. The molecule has 1 fully saturated rings. The summed E-state index contributed by atoms with van der Waals surface area (Å²) in [5, 5.41) is 11.9. The maximum Gasteiger partial charge on any atom is 0.224 e. The minimum Gasteiger partial charge on any atom is -0.368 e. The summed E-state index contributed by atoms with van der Waals surface area (Å²) in [5.41, 5.74) is 0. The van der Waals surface area contributed by atoms with E-state index >= 15 is 0 Å². The average molecular weight is 369 g/mol. The van der Waals surface area contributed by atoms with Gasteiger partial charge in [-0.15, -0.1) is 0 Å². The average Bonchev–Trinajstić information content (AvgIpc) is 2.66. The second-order valence-electron chi connectivity index (χ2n) is 6.28. The number of carbonyl (C=O) groups excluding carboxylic acids is 2. The molecule has 1 saturated heterocycles. The number of rotatable bonds is 7. The van der Waals surface area contributed by atoms with Crippen LogP contribution in [0.1, 0.15) is 18.7 Å². The van der Waals surface area contributed by atoms with Crippen molar-refractivity contribution in [2.24, 2.45) is 5.92 Å². The van der Waals surface area contributed by atoms with Gasteiger partial charge in [-0.05, 0) is 25.5 Å². The molecule has 3 heterocycles. The van der Waals surface area contributed by atoms with Crippen molar-refractivity contribution in [1.82, 2.24) is 25.6 Å². The second kappa shape index (κ2) is 8.93. The molecule has 3 rings (SSSR count). The zero-order valence-corrected chi connectivity index (χ0v) is 15.2. The van der Waals surface area contributed by atoms with Crippen molar-refractivity contribution in [1.29, 1.82) is 0 Å². The van der Waals surface area contributed by atoms with Crippen molar-refractivity contribution in [3.8, 4) is 0 Å². The maximum absolute atomic E-state index is 12.1. The summed E-state index contributed by atoms with van der Waals surface area (Å²) in [4.78, 5) is 36.1. The van der Waals surface area contributed by atoms with Crippen LogP contribution in [-0.4, -0.2) is 46.4 Å². The molecule has 4 N–H and O–H groups in total. The Bertz CT molecular complexity index is 788. The van der Waals surface area contributed by atoms with E-state index in [1.54, 1.807) is 12.3 Å². The number of piperidine rings is 1. The van der Waals surface area contributed by atoms with Gasteiger partial charge >= 0.3 is 0 Å². The number of pyridine rings is 1. The van der Waals surface area contributed by atoms with E-state index in [0.29, 0.717) is 55.8 Å². The van der Waals surface area contributed by atoms with Gasteiger partial charge < -0.3 is 21.3 Å². The van der Waals surface area contributed by atoms with Gasteiger partial charge in [0, 0.05) is 38.3 Å². The lowest BCUT2D eigenvalue weighted by molar-refractivity contribution is -0.128. The van der Waals surface area contributed by atoms with Gasteiger partial charge in [-0.25, -0.2) is 15.0 Å². The van der Waals surface area contributed by atoms with Gasteiger partial charge in [-0.1, -0.05) is 6.07 Å². The maximum atomic E-state index is 12.1. The first-order chi connectivity index (χ1) is 13.1. The summed E-state index contributed by atoms with van der Waals surface area (Å²) in [5.74, 6) is 2.46. The number of nitrogens with zero attached hydrogens (tertiary/aromatic N) is 3. The van der Waals surface area contributed by atoms with Crippen LogP contribution in [0.15, 0.2) is 30.5 Å². The highest BCUT2D eigenvalue weighted by Crippen LogP contribution is 2.15. The van der Waals surface area contributed by atoms with Crippen molar-refractivity contribution < 1.29 is 9.59 Å². The Morgan fingerprint density at radius 3 is 2.81 bits per heavy atom. The summed E-state index contributed by atoms with van der Waals surface area (Å²) in [6, 6.07) is 7.38. The van der Waals surface area contributed by atoms with E-state index in [2.05, 4.69) is 36.2 Å². The zero-order chi connectivity index (χ0) is 19.1. The fourth-order valence-electron chi connectivity index (χ4n) is 2.77. The van der Waals surface area contributed by atoms with Crippen LogP contribution >= 0.6 is 0 Å². The predicted octanol–water partition coefficient (Wildman–Crippen LogP) is 0.978. The van der Waals surface area contributed by atoms with Gasteiger partial charge in [0.05, 0.1) is 5.92 Å². The Morgan fingerprint density at radius 2 is 2.07 bits per heavy atom. The zero-order valence-electron chi connectivity index (χ0n) is 15.2. The van der Waals surface area contributed by atoms with Gasteiger partial charge in [-0.3, -0.25) is 9.59 Å². The van der Waals surface area contributed by atoms with Gasteiger partial charge in [0.25, 0.3) is 0 Å². The van der Waals surface area contributed by atoms with Crippen molar-refractivity contribution in [2.45, 2.75) is 19.8 Å². The number of aryl methyl sites for hydroxylation is 1. The first-order valence-electron chi connectivity index (χ1n) is 8.92. The molecule has 0 aliphatic carbocycles. The third-order valence-electron chi connectivity index (χ3n) is 4.13. The molecule has 0 saturated carbocycles. The standard InChI is InChI=1S/C18H23N7O2/c1-12-23-15(10-16(24-12)25-14-4-2-3-7-19-14)20-8-9-21-18(27)13-5-6-17(26)22-11-13/h2-4,7,10,13H,5-6,8-9,11H2,1H3,(H,21,27)(H,22,26)(H2,19,20,23,24,25). The number of hydrogen-bond acceptors (Lipinski definition) is 7. The van der Waals surface area contributed by atoms with Gasteiger partial charge in [0.15, 0.2) is 0 Å². The largest absolute Gasteiger partial charge is 0.368 e. The van der Waals surface area contributed by atoms with E-state index in [0.717, 1.165) is 0 Å². The van der Waals surface area contributed by atoms with E-state index in [4.69, 9.17) is 0 Å². The lowest BCUT2D eigenvalue weighted by atomic mass is 9.98. The lowest BCUT2D eigenvalue weighted by Crippen LogP contribution is -2.43. The highest BCUT2D eigenvalue weighted by Gasteiger charge is 2.23. The SMILES string of the molecule is Cc1nc(NCCNC(=O)C2CCC(=O)NC2)cc(Nc2ccccn2)n1. The van der Waals surface area contributed by atoms with Crippen molar-refractivity contribution in [3.63, 3.8) is 0 Å². The van der Waals surface area contributed by atoms with E-state index in [-0.39, 0.29) is 17.7 Å². The summed E-state index contributed by atoms with van der Waals surface area (Å²) in [7, 11) is 0. The molecule has 0 radical (unpaired) electrons. The summed E-state index contributed by atoms with van der Waals surface area (Å²) >= 11 is 0. The predicted molar refractivity (Wildman–Crippen MR) is 102 cm³/mol. The minimum absolute atomic E-state index is 0.00923. The number of carbonyl (C=O) groups is 2. The molecule has 2 aromatic heterocycles. The molecule has 9 nitrogen and oxygen atoms in total. The molecule has 1 atom stereocenters. The molecule has 9 heteroatoms. The molecule has 0 aromatic carbocycles. The Morgan fingerprint density at radius 1 is 1.22 bits per heavy atom. The first-order valence-corrected chi connectivity index (χ1v) is 8.92. The first kappa shape index (κ1) is 18.6. The number of hydrogen-bond donors (Lipinski definition) is 4. The molecular weight excluding hydrogens is 346 g/mol. The Hall–Kier alpha value is -3.23. The van der Waals surface area contributed by atoms with Crippen molar-refractivity contribution >= 4 is 29.3 Å². The fourth-order valence-corrected chi connectivity index (χ4v) is 2.77. The van der Waals surface area contributed by atoms with E-state index < -0.39 is 0 Å². The minimum atomic E-state index is -0.154. The molecular formula is C18H23N7O2.